The molecule has 0 saturated heterocycles. The van der Waals surface area contributed by atoms with Gasteiger partial charge in [0, 0.05) is 4.88 Å². The lowest BCUT2D eigenvalue weighted by Crippen LogP contribution is -2.52. The van der Waals surface area contributed by atoms with Crippen LogP contribution in [-0.4, -0.2) is 41.7 Å². The largest absolute Gasteiger partial charge is 0.550 e. The summed E-state index contributed by atoms with van der Waals surface area (Å²) < 4.78 is 10.8. The molecule has 1 amide bonds. The highest BCUT2D eigenvalue weighted by Gasteiger charge is 2.36. The number of fused-ring (bicyclic) bond motifs is 1. The van der Waals surface area contributed by atoms with Crippen molar-refractivity contribution >= 4 is 30.3 Å². The van der Waals surface area contributed by atoms with Crippen molar-refractivity contribution in [2.24, 2.45) is 0 Å². The van der Waals surface area contributed by atoms with Crippen molar-refractivity contribution in [2.45, 2.75) is 12.4 Å². The van der Waals surface area contributed by atoms with Crippen LogP contribution in [0.15, 0.2) is 35.7 Å². The Kier molecular flexibility index (Phi) is 4.72. The number of thiophene rings is 1. The summed E-state index contributed by atoms with van der Waals surface area (Å²) in [6.45, 7) is -0.0343. The lowest BCUT2D eigenvalue weighted by Gasteiger charge is -2.17. The quantitative estimate of drug-likeness (QED) is 0.712. The van der Waals surface area contributed by atoms with Gasteiger partial charge in [0.2, 0.25) is 5.91 Å². The standard InChI is InChI=1S/C15H14BNO6S/c18-13(7-9-3-2-6-24-9)17-12-8-22-11-5-1-4-10(15(19)20)14(11)23-16(12)21/h1-6,12,21H,7-8H2,(H,17,18)(H,19,20)/t12-/m0/s1. The van der Waals surface area contributed by atoms with Crippen molar-refractivity contribution in [1.29, 1.82) is 0 Å². The molecule has 124 valence electrons. The van der Waals surface area contributed by atoms with Gasteiger partial charge in [0.1, 0.15) is 18.1 Å². The Morgan fingerprint density at radius 2 is 2.17 bits per heavy atom. The molecule has 1 aliphatic rings. The van der Waals surface area contributed by atoms with E-state index in [1.807, 2.05) is 17.5 Å². The van der Waals surface area contributed by atoms with Gasteiger partial charge in [-0.1, -0.05) is 12.1 Å². The van der Waals surface area contributed by atoms with Gasteiger partial charge in [-0.15, -0.1) is 11.3 Å². The zero-order chi connectivity index (χ0) is 17.1. The summed E-state index contributed by atoms with van der Waals surface area (Å²) in [5.74, 6) is -2.12. The molecule has 1 aliphatic heterocycles. The first-order valence-corrected chi connectivity index (χ1v) is 8.08. The smallest absolute Gasteiger partial charge is 0.532 e. The van der Waals surface area contributed by atoms with Crippen molar-refractivity contribution in [1.82, 2.24) is 5.32 Å². The monoisotopic (exact) mass is 347 g/mol. The van der Waals surface area contributed by atoms with Gasteiger partial charge in [0.25, 0.3) is 0 Å². The van der Waals surface area contributed by atoms with E-state index in [1.165, 1.54) is 23.5 Å². The molecule has 7 nitrogen and oxygen atoms in total. The molecule has 24 heavy (non-hydrogen) atoms. The maximum atomic E-state index is 12.1. The van der Waals surface area contributed by atoms with Crippen LogP contribution in [0.3, 0.4) is 0 Å². The minimum absolute atomic E-state index is 0.0343. The first-order chi connectivity index (χ1) is 11.5. The van der Waals surface area contributed by atoms with Gasteiger partial charge >= 0.3 is 13.1 Å². The molecule has 2 aromatic rings. The number of hydrogen-bond donors (Lipinski definition) is 3. The number of nitrogens with one attached hydrogen (secondary N) is 1. The Hall–Kier alpha value is -2.52. The maximum absolute atomic E-state index is 12.1. The van der Waals surface area contributed by atoms with Crippen LogP contribution < -0.4 is 14.7 Å². The van der Waals surface area contributed by atoms with Gasteiger partial charge in [-0.25, -0.2) is 4.79 Å². The van der Waals surface area contributed by atoms with E-state index in [2.05, 4.69) is 5.32 Å². The number of para-hydroxylation sites is 1. The molecule has 0 unspecified atom stereocenters. The fourth-order valence-corrected chi connectivity index (χ4v) is 3.03. The lowest BCUT2D eigenvalue weighted by molar-refractivity contribution is -0.120. The van der Waals surface area contributed by atoms with Crippen LogP contribution in [-0.2, 0) is 11.2 Å². The van der Waals surface area contributed by atoms with E-state index in [0.29, 0.717) is 0 Å². The van der Waals surface area contributed by atoms with E-state index < -0.39 is 19.0 Å². The van der Waals surface area contributed by atoms with Gasteiger partial charge in [-0.2, -0.15) is 0 Å². The van der Waals surface area contributed by atoms with Crippen LogP contribution in [0.1, 0.15) is 15.2 Å². The summed E-state index contributed by atoms with van der Waals surface area (Å²) in [7, 11) is -1.42. The molecular weight excluding hydrogens is 333 g/mol. The zero-order valence-corrected chi connectivity index (χ0v) is 13.3. The summed E-state index contributed by atoms with van der Waals surface area (Å²) in [5, 5.41) is 23.9. The van der Waals surface area contributed by atoms with Crippen molar-refractivity contribution in [3.63, 3.8) is 0 Å². The average molecular weight is 347 g/mol. The number of carbonyl (C=O) groups excluding carboxylic acids is 1. The van der Waals surface area contributed by atoms with Gasteiger partial charge in [-0.05, 0) is 23.6 Å². The molecule has 2 heterocycles. The number of aromatic carboxylic acids is 1. The number of ether oxygens (including phenoxy) is 1. The minimum atomic E-state index is -1.42. The highest BCUT2D eigenvalue weighted by Crippen LogP contribution is 2.33. The molecule has 0 aliphatic carbocycles. The summed E-state index contributed by atoms with van der Waals surface area (Å²) in [6, 6.07) is 8.12. The second-order valence-corrected chi connectivity index (χ2v) is 6.22. The third-order valence-electron chi connectivity index (χ3n) is 3.47. The molecule has 0 bridgehead atoms. The highest BCUT2D eigenvalue weighted by atomic mass is 32.1. The zero-order valence-electron chi connectivity index (χ0n) is 12.5. The van der Waals surface area contributed by atoms with Crippen molar-refractivity contribution in [2.75, 3.05) is 6.61 Å². The van der Waals surface area contributed by atoms with Crippen molar-refractivity contribution in [3.8, 4) is 11.5 Å². The van der Waals surface area contributed by atoms with Gasteiger partial charge in [-0.3, -0.25) is 4.79 Å². The van der Waals surface area contributed by atoms with Crippen molar-refractivity contribution in [3.05, 3.63) is 46.2 Å². The van der Waals surface area contributed by atoms with E-state index in [-0.39, 0.29) is 36.0 Å². The lowest BCUT2D eigenvalue weighted by atomic mass is 9.79. The molecule has 9 heteroatoms. The van der Waals surface area contributed by atoms with Gasteiger partial charge in [0.05, 0.1) is 6.42 Å². The SMILES string of the molecule is O=C(Cc1cccs1)N[C@H]1COc2cccc(C(=O)O)c2OB1O. The maximum Gasteiger partial charge on any atom is 0.550 e. The van der Waals surface area contributed by atoms with E-state index >= 15 is 0 Å². The van der Waals surface area contributed by atoms with E-state index in [0.717, 1.165) is 4.88 Å². The second-order valence-electron chi connectivity index (χ2n) is 5.19. The molecule has 0 spiro atoms. The van der Waals surface area contributed by atoms with Crippen molar-refractivity contribution < 1.29 is 29.1 Å². The van der Waals surface area contributed by atoms with E-state index in [1.54, 1.807) is 6.07 Å². The Bertz CT molecular complexity index is 750. The predicted octanol–water partition coefficient (Wildman–Crippen LogP) is 0.965. The second kappa shape index (κ2) is 6.94. The van der Waals surface area contributed by atoms with Crippen LogP contribution in [0, 0.1) is 0 Å². The molecule has 3 N–H and O–H groups in total. The van der Waals surface area contributed by atoms with Gasteiger partial charge < -0.3 is 24.8 Å². The van der Waals surface area contributed by atoms with E-state index in [4.69, 9.17) is 9.39 Å². The van der Waals surface area contributed by atoms with E-state index in [9.17, 15) is 19.7 Å². The number of amides is 1. The van der Waals surface area contributed by atoms with Gasteiger partial charge in [0.15, 0.2) is 11.5 Å². The van der Waals surface area contributed by atoms with Crippen LogP contribution in [0.5, 0.6) is 11.5 Å². The number of carboxylic acids is 1. The molecule has 3 rings (SSSR count). The Morgan fingerprint density at radius 3 is 2.88 bits per heavy atom. The Labute approximate surface area is 142 Å². The summed E-state index contributed by atoms with van der Waals surface area (Å²) in [6.07, 6.45) is 0.189. The molecule has 1 atom stereocenters. The first kappa shape index (κ1) is 16.3. The fraction of sp³-hybridized carbons (Fsp3) is 0.200. The summed E-state index contributed by atoms with van der Waals surface area (Å²) in [5.41, 5.74) is -0.114. The Morgan fingerprint density at radius 1 is 1.33 bits per heavy atom. The summed E-state index contributed by atoms with van der Waals surface area (Å²) >= 11 is 1.46. The van der Waals surface area contributed by atoms with Crippen LogP contribution in [0.25, 0.3) is 0 Å². The third kappa shape index (κ3) is 3.52. The number of carbonyl (C=O) groups is 2. The molecule has 0 fully saturated rings. The average Bonchev–Trinajstić information content (AvgIpc) is 2.99. The first-order valence-electron chi connectivity index (χ1n) is 7.20. The predicted molar refractivity (Wildman–Crippen MR) is 87.5 cm³/mol. The summed E-state index contributed by atoms with van der Waals surface area (Å²) in [4.78, 5) is 24.2. The Balaban J connectivity index is 1.71. The van der Waals surface area contributed by atoms with Crippen LogP contribution >= 0.6 is 11.3 Å². The molecular formula is C15H14BNO6S. The molecule has 0 saturated carbocycles. The van der Waals surface area contributed by atoms with Crippen LogP contribution in [0.2, 0.25) is 0 Å². The van der Waals surface area contributed by atoms with Crippen LogP contribution in [0.4, 0.5) is 0 Å². The fourth-order valence-electron chi connectivity index (χ4n) is 2.33. The highest BCUT2D eigenvalue weighted by molar-refractivity contribution is 7.10. The molecule has 0 radical (unpaired) electrons. The topological polar surface area (TPSA) is 105 Å². The normalized spacial score (nSPS) is 16.4. The molecule has 1 aromatic heterocycles. The number of rotatable bonds is 4. The molecule has 1 aromatic carbocycles. The number of carboxylic acid groups (broad SMARTS) is 1. The number of benzene rings is 1. The minimum Gasteiger partial charge on any atom is -0.532 e. The number of hydrogen-bond acceptors (Lipinski definition) is 6. The third-order valence-corrected chi connectivity index (χ3v) is 4.35.